The van der Waals surface area contributed by atoms with Crippen LogP contribution in [0, 0.1) is 0 Å². The summed E-state index contributed by atoms with van der Waals surface area (Å²) in [6, 6.07) is 4.99. The lowest BCUT2D eigenvalue weighted by Crippen LogP contribution is -2.33. The Hall–Kier alpha value is -2.08. The predicted molar refractivity (Wildman–Crippen MR) is 128 cm³/mol. The molecule has 0 heterocycles. The highest BCUT2D eigenvalue weighted by molar-refractivity contribution is 7.85. The number of halogens is 4. The Kier molecular flexibility index (Phi) is 10.2. The molecule has 0 aliphatic heterocycles. The van der Waals surface area contributed by atoms with Crippen LogP contribution in [0.3, 0.4) is 0 Å². The molecule has 2 rings (SSSR count). The zero-order valence-electron chi connectivity index (χ0n) is 17.8. The van der Waals surface area contributed by atoms with E-state index in [1.54, 1.807) is 12.1 Å². The van der Waals surface area contributed by atoms with Crippen LogP contribution < -0.4 is 4.74 Å². The van der Waals surface area contributed by atoms with Gasteiger partial charge in [-0.2, -0.15) is 8.42 Å². The van der Waals surface area contributed by atoms with Gasteiger partial charge in [-0.05, 0) is 23.3 Å². The van der Waals surface area contributed by atoms with E-state index < -0.39 is 51.5 Å². The van der Waals surface area contributed by atoms with Crippen LogP contribution in [0.5, 0.6) is 5.75 Å². The third kappa shape index (κ3) is 7.70. The van der Waals surface area contributed by atoms with Gasteiger partial charge in [-0.1, -0.05) is 59.9 Å². The van der Waals surface area contributed by atoms with Gasteiger partial charge >= 0.3 is 11.9 Å². The van der Waals surface area contributed by atoms with E-state index in [-0.39, 0.29) is 34.8 Å². The van der Waals surface area contributed by atoms with Gasteiger partial charge in [-0.25, -0.2) is 18.4 Å². The van der Waals surface area contributed by atoms with Crippen LogP contribution in [-0.2, 0) is 33.8 Å². The molecule has 1 atom stereocenters. The molecule has 0 saturated heterocycles. The van der Waals surface area contributed by atoms with E-state index in [4.69, 9.17) is 56.0 Å². The molecule has 180 valence electrons. The van der Waals surface area contributed by atoms with Crippen LogP contribution >= 0.6 is 23.2 Å². The average Bonchev–Trinajstić information content (AvgIpc) is 2.78. The normalized spacial score (nSPS) is 12.4. The van der Waals surface area contributed by atoms with Gasteiger partial charge in [0, 0.05) is 0 Å². The Morgan fingerprint density at radius 1 is 0.914 bits per heavy atom. The van der Waals surface area contributed by atoms with Crippen molar-refractivity contribution >= 4 is 68.8 Å². The second-order valence-electron chi connectivity index (χ2n) is 7.08. The van der Waals surface area contributed by atoms with E-state index in [0.717, 1.165) is 12.1 Å². The number of benzene rings is 2. The van der Waals surface area contributed by atoms with Crippen molar-refractivity contribution in [3.63, 3.8) is 0 Å². The first-order valence-electron chi connectivity index (χ1n) is 9.71. The van der Waals surface area contributed by atoms with Crippen molar-refractivity contribution in [2.75, 3.05) is 5.75 Å². The molecule has 1 N–H and O–H groups in total. The maximum atomic E-state index is 13.2. The van der Waals surface area contributed by atoms with Gasteiger partial charge in [0.15, 0.2) is 6.10 Å². The van der Waals surface area contributed by atoms with E-state index in [1.807, 2.05) is 0 Å². The highest BCUT2D eigenvalue weighted by Gasteiger charge is 2.32. The van der Waals surface area contributed by atoms with E-state index >= 15 is 0 Å². The summed E-state index contributed by atoms with van der Waals surface area (Å²) in [5, 5.41) is -0.425. The molecular formula is C20H15B3Cl2F2O7S. The molecule has 0 aliphatic rings. The monoisotopic (exact) mass is 540 g/mol. The van der Waals surface area contributed by atoms with Crippen molar-refractivity contribution in [2.45, 2.75) is 31.5 Å². The standard InChI is InChI=1S/C20H15B3Cl2F2O7S/c21-5-9-1-10(6-22)17(11(2-9)7-23)34-20(29)13-4-15(25)14(24)3-12(13)19(28)33-16(18(26)27)8-35(30,31)32/h1-4,16,18H,5-8H2,(H,30,31,32). The van der Waals surface area contributed by atoms with Crippen LogP contribution in [0.2, 0.25) is 10.0 Å². The summed E-state index contributed by atoms with van der Waals surface area (Å²) in [4.78, 5) is 25.6. The van der Waals surface area contributed by atoms with Crippen LogP contribution in [0.4, 0.5) is 8.78 Å². The quantitative estimate of drug-likeness (QED) is 0.214. The smallest absolute Gasteiger partial charge is 0.344 e. The number of esters is 2. The van der Waals surface area contributed by atoms with E-state index in [9.17, 15) is 26.8 Å². The first-order valence-corrected chi connectivity index (χ1v) is 12.1. The van der Waals surface area contributed by atoms with Crippen LogP contribution in [0.1, 0.15) is 37.4 Å². The minimum absolute atomic E-state index is 0.000536. The summed E-state index contributed by atoms with van der Waals surface area (Å²) in [5.74, 6) is -4.28. The summed E-state index contributed by atoms with van der Waals surface area (Å²) in [7, 11) is 12.2. The molecule has 35 heavy (non-hydrogen) atoms. The molecule has 0 spiro atoms. The molecule has 0 saturated carbocycles. The Bertz CT molecular complexity index is 1200. The number of alkyl halides is 2. The van der Waals surface area contributed by atoms with Crippen molar-refractivity contribution in [3.8, 4) is 5.75 Å². The van der Waals surface area contributed by atoms with Crippen LogP contribution in [0.15, 0.2) is 24.3 Å². The fourth-order valence-electron chi connectivity index (χ4n) is 2.98. The molecule has 0 amide bonds. The maximum Gasteiger partial charge on any atom is 0.344 e. The van der Waals surface area contributed by atoms with Crippen molar-refractivity contribution in [2.24, 2.45) is 0 Å². The van der Waals surface area contributed by atoms with Crippen molar-refractivity contribution in [1.82, 2.24) is 0 Å². The number of carbonyl (C=O) groups is 2. The number of ether oxygens (including phenoxy) is 2. The summed E-state index contributed by atoms with van der Waals surface area (Å²) in [6.45, 7) is 0. The van der Waals surface area contributed by atoms with Gasteiger partial charge in [-0.15, -0.1) is 0 Å². The predicted octanol–water partition coefficient (Wildman–Crippen LogP) is 2.90. The minimum Gasteiger partial charge on any atom is -0.451 e. The van der Waals surface area contributed by atoms with Crippen LogP contribution in [0.25, 0.3) is 0 Å². The summed E-state index contributed by atoms with van der Waals surface area (Å²) >= 11 is 11.9. The van der Waals surface area contributed by atoms with Gasteiger partial charge in [-0.3, -0.25) is 4.55 Å². The molecule has 1 unspecified atom stereocenters. The second-order valence-corrected chi connectivity index (χ2v) is 9.40. The lowest BCUT2D eigenvalue weighted by Gasteiger charge is -2.18. The molecule has 0 aliphatic carbocycles. The molecule has 0 aromatic heterocycles. The number of hydrogen-bond donors (Lipinski definition) is 1. The number of hydrogen-bond acceptors (Lipinski definition) is 6. The third-order valence-corrected chi connectivity index (χ3v) is 6.06. The fraction of sp³-hybridized carbons (Fsp3) is 0.300. The molecule has 0 bridgehead atoms. The second kappa shape index (κ2) is 12.2. The van der Waals surface area contributed by atoms with E-state index in [0.29, 0.717) is 16.7 Å². The van der Waals surface area contributed by atoms with Gasteiger partial charge in [0.2, 0.25) is 0 Å². The largest absolute Gasteiger partial charge is 0.451 e. The highest BCUT2D eigenvalue weighted by Crippen LogP contribution is 2.31. The third-order valence-electron chi connectivity index (χ3n) is 4.59. The molecule has 15 heteroatoms. The Morgan fingerprint density at radius 3 is 1.80 bits per heavy atom. The van der Waals surface area contributed by atoms with Crippen LogP contribution in [-0.4, -0.2) is 66.7 Å². The van der Waals surface area contributed by atoms with E-state index in [2.05, 4.69) is 4.74 Å². The average molecular weight is 541 g/mol. The molecule has 7 nitrogen and oxygen atoms in total. The first-order chi connectivity index (χ1) is 16.3. The Balaban J connectivity index is 2.50. The molecule has 0 fully saturated rings. The Morgan fingerprint density at radius 2 is 1.40 bits per heavy atom. The lowest BCUT2D eigenvalue weighted by molar-refractivity contribution is -0.0242. The number of rotatable bonds is 10. The highest BCUT2D eigenvalue weighted by atomic mass is 35.5. The summed E-state index contributed by atoms with van der Waals surface area (Å²) in [5.41, 5.74) is 0.237. The lowest BCUT2D eigenvalue weighted by atomic mass is 9.85. The van der Waals surface area contributed by atoms with Crippen molar-refractivity contribution in [1.29, 1.82) is 0 Å². The van der Waals surface area contributed by atoms with E-state index in [1.165, 1.54) is 0 Å². The summed E-state index contributed by atoms with van der Waals surface area (Å²) in [6.07, 6.45) is -5.98. The summed E-state index contributed by atoms with van der Waals surface area (Å²) < 4.78 is 67.2. The zero-order chi connectivity index (χ0) is 26.5. The topological polar surface area (TPSA) is 107 Å². The van der Waals surface area contributed by atoms with Gasteiger partial charge in [0.05, 0.1) is 44.7 Å². The molecule has 2 aromatic rings. The van der Waals surface area contributed by atoms with Gasteiger partial charge in [0.1, 0.15) is 11.5 Å². The Labute approximate surface area is 214 Å². The van der Waals surface area contributed by atoms with Gasteiger partial charge in [0.25, 0.3) is 16.5 Å². The first kappa shape index (κ1) is 29.2. The SMILES string of the molecule is [B]Cc1cc(C[B])c(OC(=O)c2cc(Cl)c(Cl)cc2C(=O)OC(CS(=O)(=O)O)C(F)F)c(C[B])c1. The molecular weight excluding hydrogens is 526 g/mol. The molecule has 6 radical (unpaired) electrons. The molecule has 2 aromatic carbocycles. The maximum absolute atomic E-state index is 13.2. The minimum atomic E-state index is -4.93. The van der Waals surface area contributed by atoms with Gasteiger partial charge < -0.3 is 9.47 Å². The van der Waals surface area contributed by atoms with Crippen molar-refractivity contribution in [3.05, 3.63) is 62.1 Å². The number of carbonyl (C=O) groups excluding carboxylic acids is 2. The zero-order valence-corrected chi connectivity index (χ0v) is 20.2. The van der Waals surface area contributed by atoms with Crippen molar-refractivity contribution < 1.29 is 40.8 Å². The fourth-order valence-corrected chi connectivity index (χ4v) is 3.93.